The summed E-state index contributed by atoms with van der Waals surface area (Å²) in [5.41, 5.74) is -0.0586. The van der Waals surface area contributed by atoms with Crippen LogP contribution in [0.4, 0.5) is 23.7 Å². The van der Waals surface area contributed by atoms with Crippen molar-refractivity contribution < 1.29 is 22.8 Å². The summed E-state index contributed by atoms with van der Waals surface area (Å²) >= 11 is 0. The average Bonchev–Trinajstić information content (AvgIpc) is 2.15. The number of alkyl halides is 3. The van der Waals surface area contributed by atoms with Crippen LogP contribution in [0, 0.1) is 0 Å². The molecule has 17 heavy (non-hydrogen) atoms. The Morgan fingerprint density at radius 1 is 1.24 bits per heavy atom. The van der Waals surface area contributed by atoms with Gasteiger partial charge in [-0.2, -0.15) is 13.2 Å². The van der Waals surface area contributed by atoms with E-state index in [9.17, 15) is 22.8 Å². The lowest BCUT2D eigenvalue weighted by atomic mass is 10.5. The minimum atomic E-state index is -4.64. The van der Waals surface area contributed by atoms with Gasteiger partial charge in [-0.15, -0.1) is 0 Å². The zero-order valence-corrected chi connectivity index (χ0v) is 8.50. The molecule has 0 aromatic carbocycles. The van der Waals surface area contributed by atoms with E-state index in [4.69, 9.17) is 0 Å². The van der Waals surface area contributed by atoms with Crippen LogP contribution in [0.1, 0.15) is 12.7 Å². The Labute approximate surface area is 93.2 Å². The second-order valence-corrected chi connectivity index (χ2v) is 2.93. The summed E-state index contributed by atoms with van der Waals surface area (Å²) in [6.45, 7) is 1.11. The fraction of sp³-hybridized carbons (Fsp3) is 0.250. The smallest absolute Gasteiger partial charge is 0.305 e. The Morgan fingerprint density at radius 2 is 1.76 bits per heavy atom. The van der Waals surface area contributed by atoms with E-state index in [0.29, 0.717) is 0 Å². The van der Waals surface area contributed by atoms with E-state index in [1.807, 2.05) is 5.32 Å². The highest BCUT2D eigenvalue weighted by atomic mass is 19.4. The normalized spacial score (nSPS) is 10.8. The summed E-state index contributed by atoms with van der Waals surface area (Å²) in [5, 5.41) is 3.96. The first-order chi connectivity index (χ1) is 7.79. The number of imide groups is 1. The van der Waals surface area contributed by atoms with Gasteiger partial charge in [-0.05, 0) is 0 Å². The summed E-state index contributed by atoms with van der Waals surface area (Å²) < 4.78 is 36.3. The number of halogens is 3. The van der Waals surface area contributed by atoms with Crippen LogP contribution in [0.25, 0.3) is 0 Å². The van der Waals surface area contributed by atoms with Gasteiger partial charge in [0.05, 0.1) is 18.1 Å². The molecule has 0 bridgehead atoms. The van der Waals surface area contributed by atoms with Crippen molar-refractivity contribution in [2.45, 2.75) is 13.1 Å². The van der Waals surface area contributed by atoms with E-state index in [0.717, 1.165) is 19.3 Å². The summed E-state index contributed by atoms with van der Waals surface area (Å²) in [6.07, 6.45) is -3.06. The Hall–Kier alpha value is -2.19. The molecule has 0 saturated heterocycles. The van der Waals surface area contributed by atoms with Crippen LogP contribution >= 0.6 is 0 Å². The van der Waals surface area contributed by atoms with E-state index in [-0.39, 0.29) is 5.69 Å². The average molecular weight is 248 g/mol. The maximum atomic E-state index is 12.1. The van der Waals surface area contributed by atoms with Crippen LogP contribution in [0.2, 0.25) is 0 Å². The molecule has 1 heterocycles. The van der Waals surface area contributed by atoms with Crippen molar-refractivity contribution in [3.63, 3.8) is 0 Å². The van der Waals surface area contributed by atoms with Gasteiger partial charge in [0.2, 0.25) is 11.7 Å². The predicted molar refractivity (Wildman–Crippen MR) is 49.9 cm³/mol. The van der Waals surface area contributed by atoms with Crippen LogP contribution in [-0.2, 0) is 11.0 Å². The number of carbonyl (C=O) groups excluding carboxylic acids is 2. The van der Waals surface area contributed by atoms with Crippen molar-refractivity contribution in [2.24, 2.45) is 0 Å². The van der Waals surface area contributed by atoms with Crippen LogP contribution < -0.4 is 10.6 Å². The third kappa shape index (κ3) is 4.05. The van der Waals surface area contributed by atoms with Gasteiger partial charge in [0, 0.05) is 6.92 Å². The molecule has 0 radical (unpaired) electrons. The molecule has 1 aromatic heterocycles. The van der Waals surface area contributed by atoms with Gasteiger partial charge in [0.25, 0.3) is 0 Å². The molecule has 1 rings (SSSR count). The Balaban J connectivity index is 2.69. The quantitative estimate of drug-likeness (QED) is 0.781. The molecular formula is C8H7F3N4O2. The predicted octanol–water partition coefficient (Wildman–Crippen LogP) is 1.16. The summed E-state index contributed by atoms with van der Waals surface area (Å²) in [4.78, 5) is 27.5. The third-order valence-electron chi connectivity index (χ3n) is 1.45. The zero-order chi connectivity index (χ0) is 13.1. The largest absolute Gasteiger partial charge is 0.451 e. The van der Waals surface area contributed by atoms with E-state index in [1.165, 1.54) is 0 Å². The maximum Gasteiger partial charge on any atom is 0.451 e. The van der Waals surface area contributed by atoms with Crippen molar-refractivity contribution in [3.8, 4) is 0 Å². The molecule has 2 N–H and O–H groups in total. The zero-order valence-electron chi connectivity index (χ0n) is 8.50. The number of aromatic nitrogens is 2. The fourth-order valence-electron chi connectivity index (χ4n) is 0.861. The van der Waals surface area contributed by atoms with E-state index in [1.54, 1.807) is 0 Å². The topological polar surface area (TPSA) is 84.0 Å². The molecule has 9 heteroatoms. The number of urea groups is 1. The lowest BCUT2D eigenvalue weighted by Crippen LogP contribution is -2.32. The van der Waals surface area contributed by atoms with Crippen molar-refractivity contribution >= 4 is 17.6 Å². The van der Waals surface area contributed by atoms with Gasteiger partial charge in [0.1, 0.15) is 0 Å². The van der Waals surface area contributed by atoms with Crippen molar-refractivity contribution in [2.75, 3.05) is 5.32 Å². The van der Waals surface area contributed by atoms with E-state index < -0.39 is 23.9 Å². The van der Waals surface area contributed by atoms with E-state index >= 15 is 0 Å². The first-order valence-electron chi connectivity index (χ1n) is 4.27. The monoisotopic (exact) mass is 248 g/mol. The molecule has 0 aliphatic heterocycles. The highest BCUT2D eigenvalue weighted by Gasteiger charge is 2.34. The number of nitrogens with one attached hydrogen (secondary N) is 2. The van der Waals surface area contributed by atoms with Crippen LogP contribution in [-0.4, -0.2) is 21.9 Å². The number of hydrogen-bond acceptors (Lipinski definition) is 4. The lowest BCUT2D eigenvalue weighted by Gasteiger charge is -2.06. The highest BCUT2D eigenvalue weighted by molar-refractivity contribution is 6.00. The molecule has 0 unspecified atom stereocenters. The summed E-state index contributed by atoms with van der Waals surface area (Å²) in [7, 11) is 0. The molecule has 0 spiro atoms. The Kier molecular flexibility index (Phi) is 3.61. The van der Waals surface area contributed by atoms with Crippen LogP contribution in [0.15, 0.2) is 12.4 Å². The number of rotatable bonds is 1. The van der Waals surface area contributed by atoms with Crippen molar-refractivity contribution in [1.82, 2.24) is 15.3 Å². The van der Waals surface area contributed by atoms with Crippen molar-refractivity contribution in [3.05, 3.63) is 18.2 Å². The molecule has 0 fully saturated rings. The van der Waals surface area contributed by atoms with Crippen LogP contribution in [0.5, 0.6) is 0 Å². The molecule has 6 nitrogen and oxygen atoms in total. The Bertz CT molecular complexity index is 429. The molecule has 0 aliphatic carbocycles. The number of carbonyl (C=O) groups is 2. The number of hydrogen-bond donors (Lipinski definition) is 2. The third-order valence-corrected chi connectivity index (χ3v) is 1.45. The molecule has 3 amide bonds. The van der Waals surface area contributed by atoms with Crippen molar-refractivity contribution in [1.29, 1.82) is 0 Å². The van der Waals surface area contributed by atoms with Gasteiger partial charge in [-0.1, -0.05) is 0 Å². The molecule has 1 aromatic rings. The minimum Gasteiger partial charge on any atom is -0.305 e. The fourth-order valence-corrected chi connectivity index (χ4v) is 0.861. The highest BCUT2D eigenvalue weighted by Crippen LogP contribution is 2.25. The van der Waals surface area contributed by atoms with Gasteiger partial charge in [0.15, 0.2) is 0 Å². The van der Waals surface area contributed by atoms with Gasteiger partial charge < -0.3 is 5.32 Å². The minimum absolute atomic E-state index is 0.0586. The second-order valence-electron chi connectivity index (χ2n) is 2.93. The summed E-state index contributed by atoms with van der Waals surface area (Å²) in [6, 6.07) is -0.874. The van der Waals surface area contributed by atoms with E-state index in [2.05, 4.69) is 15.3 Å². The first kappa shape index (κ1) is 12.9. The second kappa shape index (κ2) is 4.76. The number of amides is 3. The van der Waals surface area contributed by atoms with Gasteiger partial charge in [-0.3, -0.25) is 10.1 Å². The maximum absolute atomic E-state index is 12.1. The summed E-state index contributed by atoms with van der Waals surface area (Å²) in [5.74, 6) is -1.91. The first-order valence-corrected chi connectivity index (χ1v) is 4.27. The number of nitrogens with zero attached hydrogens (tertiary/aromatic N) is 2. The van der Waals surface area contributed by atoms with Crippen LogP contribution in [0.3, 0.4) is 0 Å². The standard InChI is InChI=1S/C8H7F3N4O2/c1-4(16)14-7(17)15-5-2-12-6(13-3-5)8(9,10)11/h2-3H,1H3,(H2,14,15,16,17). The molecule has 0 saturated carbocycles. The lowest BCUT2D eigenvalue weighted by molar-refractivity contribution is -0.145. The van der Waals surface area contributed by atoms with Gasteiger partial charge >= 0.3 is 12.2 Å². The molecular weight excluding hydrogens is 241 g/mol. The Morgan fingerprint density at radius 3 is 2.18 bits per heavy atom. The number of anilines is 1. The SMILES string of the molecule is CC(=O)NC(=O)Nc1cnc(C(F)(F)F)nc1. The van der Waals surface area contributed by atoms with Gasteiger partial charge in [-0.25, -0.2) is 14.8 Å². The molecule has 0 aliphatic rings. The molecule has 92 valence electrons. The molecule has 0 atom stereocenters.